The van der Waals surface area contributed by atoms with E-state index in [0.717, 1.165) is 0 Å². The predicted octanol–water partition coefficient (Wildman–Crippen LogP) is 2.50. The van der Waals surface area contributed by atoms with E-state index in [1.54, 1.807) is 0 Å². The molecular weight excluding hydrogens is 260 g/mol. The monoisotopic (exact) mass is 271 g/mol. The van der Waals surface area contributed by atoms with Crippen molar-refractivity contribution in [3.8, 4) is 5.75 Å². The third kappa shape index (κ3) is 3.40. The Morgan fingerprint density at radius 3 is 2.27 bits per heavy atom. The van der Waals surface area contributed by atoms with Gasteiger partial charge in [0, 0.05) is 10.6 Å². The average molecular weight is 273 g/mol. The molecule has 0 saturated heterocycles. The molecule has 4 N–H and O–H groups in total. The lowest BCUT2D eigenvalue weighted by Crippen LogP contribution is -2.23. The van der Waals surface area contributed by atoms with Crippen molar-refractivity contribution in [2.75, 3.05) is 0 Å². The highest BCUT2D eigenvalue weighted by Gasteiger charge is 2.19. The maximum absolute atomic E-state index is 9.53. The molecule has 0 spiro atoms. The lowest BCUT2D eigenvalue weighted by atomic mass is 10.0. The summed E-state index contributed by atoms with van der Waals surface area (Å²) in [5.74, 6) is -0.101. The van der Waals surface area contributed by atoms with E-state index in [0.29, 0.717) is 10.6 Å². The summed E-state index contributed by atoms with van der Waals surface area (Å²) in [7, 11) is 0. The van der Waals surface area contributed by atoms with Crippen LogP contribution in [0, 0.1) is 0 Å². The van der Waals surface area contributed by atoms with E-state index < -0.39 is 12.1 Å². The highest BCUT2D eigenvalue weighted by molar-refractivity contribution is 6.35. The molecule has 6 heteroatoms. The van der Waals surface area contributed by atoms with Crippen LogP contribution in [-0.2, 0) is 0 Å². The summed E-state index contributed by atoms with van der Waals surface area (Å²) in [4.78, 5) is 0. The number of aromatic hydroxyl groups is 1. The molecule has 86 valence electrons. The summed E-state index contributed by atoms with van der Waals surface area (Å²) in [6.45, 7) is 1.52. The fraction of sp³-hybridized carbons (Fsp3) is 0.333. The number of aliphatic hydroxyl groups excluding tert-OH is 1. The summed E-state index contributed by atoms with van der Waals surface area (Å²) in [5.41, 5.74) is 5.96. The number of rotatable bonds is 2. The van der Waals surface area contributed by atoms with E-state index in [2.05, 4.69) is 0 Å². The molecule has 0 heterocycles. The standard InChI is InChI=1S/C9H11Cl2NO2.ClH/c1-4(13)9(12)8-6(11)2-5(10)3-7(8)14;/h2-4,9,13-14H,12H2,1H3;1H/t4-,9-;/m1./s1. The second-order valence-electron chi connectivity index (χ2n) is 3.09. The molecule has 0 amide bonds. The van der Waals surface area contributed by atoms with Crippen molar-refractivity contribution in [3.63, 3.8) is 0 Å². The van der Waals surface area contributed by atoms with Crippen LogP contribution in [0.5, 0.6) is 5.75 Å². The molecule has 2 atom stereocenters. The maximum atomic E-state index is 9.53. The van der Waals surface area contributed by atoms with Gasteiger partial charge < -0.3 is 15.9 Å². The molecule has 0 fully saturated rings. The quantitative estimate of drug-likeness (QED) is 0.775. The van der Waals surface area contributed by atoms with Gasteiger partial charge in [-0.1, -0.05) is 23.2 Å². The Hall–Kier alpha value is -0.190. The molecule has 0 aromatic heterocycles. The zero-order chi connectivity index (χ0) is 10.9. The summed E-state index contributed by atoms with van der Waals surface area (Å²) >= 11 is 11.5. The fourth-order valence-electron chi connectivity index (χ4n) is 1.14. The van der Waals surface area contributed by atoms with Gasteiger partial charge in [-0.3, -0.25) is 0 Å². The largest absolute Gasteiger partial charge is 0.507 e. The van der Waals surface area contributed by atoms with Crippen LogP contribution in [0.1, 0.15) is 18.5 Å². The van der Waals surface area contributed by atoms with E-state index in [4.69, 9.17) is 28.9 Å². The minimum absolute atomic E-state index is 0. The van der Waals surface area contributed by atoms with Crippen molar-refractivity contribution < 1.29 is 10.2 Å². The average Bonchev–Trinajstić information content (AvgIpc) is 2.01. The van der Waals surface area contributed by atoms with Gasteiger partial charge in [0.2, 0.25) is 0 Å². The Balaban J connectivity index is 0.00000196. The summed E-state index contributed by atoms with van der Waals surface area (Å²) in [6.07, 6.45) is -0.792. The van der Waals surface area contributed by atoms with Gasteiger partial charge >= 0.3 is 0 Å². The minimum Gasteiger partial charge on any atom is -0.507 e. The highest BCUT2D eigenvalue weighted by Crippen LogP contribution is 2.34. The predicted molar refractivity (Wildman–Crippen MR) is 64.0 cm³/mol. The molecule has 1 aromatic carbocycles. The van der Waals surface area contributed by atoms with Crippen LogP contribution in [0.3, 0.4) is 0 Å². The SMILES string of the molecule is C[C@@H](O)[C@@H](N)c1c(O)cc(Cl)cc1Cl.Cl. The van der Waals surface area contributed by atoms with Gasteiger partial charge in [0.1, 0.15) is 5.75 Å². The van der Waals surface area contributed by atoms with Gasteiger partial charge in [-0.25, -0.2) is 0 Å². The van der Waals surface area contributed by atoms with Crippen LogP contribution in [-0.4, -0.2) is 16.3 Å². The Labute approximate surface area is 104 Å². The minimum atomic E-state index is -0.792. The van der Waals surface area contributed by atoms with Crippen molar-refractivity contribution in [2.45, 2.75) is 19.1 Å². The molecule has 0 aliphatic carbocycles. The lowest BCUT2D eigenvalue weighted by Gasteiger charge is -2.17. The number of nitrogens with two attached hydrogens (primary N) is 1. The normalized spacial score (nSPS) is 14.2. The third-order valence-electron chi connectivity index (χ3n) is 1.93. The Morgan fingerprint density at radius 2 is 1.87 bits per heavy atom. The molecule has 0 saturated carbocycles. The first-order chi connectivity index (χ1) is 6.43. The lowest BCUT2D eigenvalue weighted by molar-refractivity contribution is 0.163. The van der Waals surface area contributed by atoms with Crippen LogP contribution in [0.2, 0.25) is 10.0 Å². The van der Waals surface area contributed by atoms with Crippen LogP contribution in [0.25, 0.3) is 0 Å². The van der Waals surface area contributed by atoms with Crippen molar-refractivity contribution in [2.24, 2.45) is 5.73 Å². The van der Waals surface area contributed by atoms with Gasteiger partial charge in [0.15, 0.2) is 0 Å². The van der Waals surface area contributed by atoms with Crippen molar-refractivity contribution >= 4 is 35.6 Å². The molecule has 3 nitrogen and oxygen atoms in total. The van der Waals surface area contributed by atoms with Crippen molar-refractivity contribution in [3.05, 3.63) is 27.7 Å². The maximum Gasteiger partial charge on any atom is 0.123 e. The number of hydrogen-bond acceptors (Lipinski definition) is 3. The molecule has 0 aliphatic heterocycles. The second-order valence-corrected chi connectivity index (χ2v) is 3.93. The molecule has 0 unspecified atom stereocenters. The number of phenolic OH excluding ortho intramolecular Hbond substituents is 1. The highest BCUT2D eigenvalue weighted by atomic mass is 35.5. The molecular formula is C9H12Cl3NO2. The number of hydrogen-bond donors (Lipinski definition) is 3. The zero-order valence-electron chi connectivity index (χ0n) is 7.95. The summed E-state index contributed by atoms with van der Waals surface area (Å²) < 4.78 is 0. The fourth-order valence-corrected chi connectivity index (χ4v) is 1.75. The van der Waals surface area contributed by atoms with Crippen LogP contribution >= 0.6 is 35.6 Å². The topological polar surface area (TPSA) is 66.5 Å². The van der Waals surface area contributed by atoms with Gasteiger partial charge in [-0.05, 0) is 19.1 Å². The van der Waals surface area contributed by atoms with Gasteiger partial charge in [-0.2, -0.15) is 0 Å². The summed E-state index contributed by atoms with van der Waals surface area (Å²) in [6, 6.07) is 2.09. The van der Waals surface area contributed by atoms with E-state index in [1.165, 1.54) is 19.1 Å². The molecule has 0 radical (unpaired) electrons. The Bertz CT molecular complexity index is 321. The van der Waals surface area contributed by atoms with E-state index in [1.807, 2.05) is 0 Å². The Kier molecular flexibility index (Phi) is 5.70. The van der Waals surface area contributed by atoms with Gasteiger partial charge in [0.25, 0.3) is 0 Å². The number of halogens is 3. The Morgan fingerprint density at radius 1 is 1.33 bits per heavy atom. The molecule has 1 rings (SSSR count). The van der Waals surface area contributed by atoms with Crippen molar-refractivity contribution in [1.82, 2.24) is 0 Å². The summed E-state index contributed by atoms with van der Waals surface area (Å²) in [5, 5.41) is 19.4. The van der Waals surface area contributed by atoms with Gasteiger partial charge in [0.05, 0.1) is 17.2 Å². The molecule has 0 aliphatic rings. The van der Waals surface area contributed by atoms with Gasteiger partial charge in [-0.15, -0.1) is 12.4 Å². The first kappa shape index (κ1) is 14.8. The smallest absolute Gasteiger partial charge is 0.123 e. The number of aliphatic hydroxyl groups is 1. The first-order valence-corrected chi connectivity index (χ1v) is 4.80. The third-order valence-corrected chi connectivity index (χ3v) is 2.46. The molecule has 15 heavy (non-hydrogen) atoms. The number of phenols is 1. The first-order valence-electron chi connectivity index (χ1n) is 4.05. The van der Waals surface area contributed by atoms with E-state index in [9.17, 15) is 10.2 Å². The number of benzene rings is 1. The zero-order valence-corrected chi connectivity index (χ0v) is 10.3. The van der Waals surface area contributed by atoms with Crippen LogP contribution in [0.15, 0.2) is 12.1 Å². The second kappa shape index (κ2) is 5.77. The van der Waals surface area contributed by atoms with E-state index in [-0.39, 0.29) is 23.2 Å². The van der Waals surface area contributed by atoms with Crippen LogP contribution < -0.4 is 5.73 Å². The van der Waals surface area contributed by atoms with Crippen LogP contribution in [0.4, 0.5) is 0 Å². The molecule has 0 bridgehead atoms. The van der Waals surface area contributed by atoms with E-state index >= 15 is 0 Å². The van der Waals surface area contributed by atoms with Crippen molar-refractivity contribution in [1.29, 1.82) is 0 Å². The molecule has 1 aromatic rings.